The number of rotatable bonds is 7. The fourth-order valence-corrected chi connectivity index (χ4v) is 3.56. The highest BCUT2D eigenvalue weighted by Crippen LogP contribution is 2.18. The molecule has 1 saturated heterocycles. The average Bonchev–Trinajstić information content (AvgIpc) is 2.74. The van der Waals surface area contributed by atoms with Crippen LogP contribution >= 0.6 is 0 Å². The molecule has 0 spiro atoms. The number of amides is 3. The first-order valence-corrected chi connectivity index (χ1v) is 10.3. The van der Waals surface area contributed by atoms with E-state index in [-0.39, 0.29) is 36.6 Å². The Labute approximate surface area is 176 Å². The van der Waals surface area contributed by atoms with Crippen LogP contribution in [0.4, 0.5) is 5.82 Å². The summed E-state index contributed by atoms with van der Waals surface area (Å²) < 4.78 is 0. The van der Waals surface area contributed by atoms with Crippen LogP contribution < -0.4 is 10.6 Å². The monoisotopic (exact) mass is 408 g/mol. The Balaban J connectivity index is 1.41. The molecule has 0 saturated carbocycles. The van der Waals surface area contributed by atoms with Gasteiger partial charge in [-0.2, -0.15) is 0 Å². The summed E-state index contributed by atoms with van der Waals surface area (Å²) in [5.74, 6) is 0.0142. The van der Waals surface area contributed by atoms with E-state index in [9.17, 15) is 14.4 Å². The zero-order valence-corrected chi connectivity index (χ0v) is 17.3. The van der Waals surface area contributed by atoms with Crippen molar-refractivity contribution in [1.82, 2.24) is 15.2 Å². The van der Waals surface area contributed by atoms with Crippen molar-refractivity contribution in [3.8, 4) is 0 Å². The second-order valence-electron chi connectivity index (χ2n) is 7.59. The van der Waals surface area contributed by atoms with E-state index in [1.54, 1.807) is 11.0 Å². The number of nitrogens with zero attached hydrogens (tertiary/aromatic N) is 2. The molecule has 1 aromatic carbocycles. The summed E-state index contributed by atoms with van der Waals surface area (Å²) in [6.07, 6.45) is 2.07. The molecule has 0 radical (unpaired) electrons. The van der Waals surface area contributed by atoms with Crippen LogP contribution in [-0.4, -0.2) is 47.2 Å². The number of aryl methyl sites for hydroxylation is 1. The number of nitrogens with one attached hydrogen (secondary N) is 2. The third kappa shape index (κ3) is 6.40. The molecule has 1 unspecified atom stereocenters. The molecule has 7 nitrogen and oxygen atoms in total. The number of hydrogen-bond donors (Lipinski definition) is 2. The zero-order valence-electron chi connectivity index (χ0n) is 17.3. The van der Waals surface area contributed by atoms with Gasteiger partial charge in [-0.3, -0.25) is 14.4 Å². The van der Waals surface area contributed by atoms with E-state index in [0.29, 0.717) is 25.3 Å². The SMILES string of the molecule is Cc1cccc(NC(=O)CCNC(=O)C2CCCN(C(=O)Cc3ccccc3)C2)n1. The summed E-state index contributed by atoms with van der Waals surface area (Å²) in [6.45, 7) is 3.22. The fourth-order valence-electron chi connectivity index (χ4n) is 3.56. The first-order chi connectivity index (χ1) is 14.5. The first-order valence-electron chi connectivity index (χ1n) is 10.3. The molecule has 1 aliphatic heterocycles. The summed E-state index contributed by atoms with van der Waals surface area (Å²) in [5, 5.41) is 5.56. The van der Waals surface area contributed by atoms with Crippen LogP contribution in [0.1, 0.15) is 30.5 Å². The number of likely N-dealkylation sites (tertiary alicyclic amines) is 1. The van der Waals surface area contributed by atoms with Crippen molar-refractivity contribution in [1.29, 1.82) is 0 Å². The number of hydrogen-bond acceptors (Lipinski definition) is 4. The highest BCUT2D eigenvalue weighted by atomic mass is 16.2. The Kier molecular flexibility index (Phi) is 7.54. The standard InChI is InChI=1S/C23H28N4O3/c1-17-7-5-11-20(25-17)26-21(28)12-13-24-23(30)19-10-6-14-27(16-19)22(29)15-18-8-3-2-4-9-18/h2-5,7-9,11,19H,6,10,12-16H2,1H3,(H,24,30)(H,25,26,28). The lowest BCUT2D eigenvalue weighted by Gasteiger charge is -2.32. The van der Waals surface area contributed by atoms with Gasteiger partial charge < -0.3 is 15.5 Å². The molecule has 1 atom stereocenters. The van der Waals surface area contributed by atoms with E-state index in [1.807, 2.05) is 49.4 Å². The van der Waals surface area contributed by atoms with Crippen molar-refractivity contribution < 1.29 is 14.4 Å². The Bertz CT molecular complexity index is 885. The van der Waals surface area contributed by atoms with Crippen molar-refractivity contribution in [3.05, 3.63) is 59.8 Å². The van der Waals surface area contributed by atoms with Gasteiger partial charge in [-0.25, -0.2) is 4.98 Å². The number of aromatic nitrogens is 1. The number of benzene rings is 1. The van der Waals surface area contributed by atoms with Crippen LogP contribution in [0.3, 0.4) is 0 Å². The third-order valence-corrected chi connectivity index (χ3v) is 5.15. The molecule has 1 aliphatic rings. The molecule has 2 heterocycles. The Morgan fingerprint density at radius 1 is 1.10 bits per heavy atom. The quantitative estimate of drug-likeness (QED) is 0.736. The predicted octanol–water partition coefficient (Wildman–Crippen LogP) is 2.32. The number of pyridine rings is 1. The van der Waals surface area contributed by atoms with Gasteiger partial charge in [0.05, 0.1) is 12.3 Å². The lowest BCUT2D eigenvalue weighted by molar-refractivity contribution is -0.135. The van der Waals surface area contributed by atoms with Gasteiger partial charge in [0.2, 0.25) is 17.7 Å². The maximum Gasteiger partial charge on any atom is 0.227 e. The molecular weight excluding hydrogens is 380 g/mol. The van der Waals surface area contributed by atoms with Gasteiger partial charge in [-0.1, -0.05) is 36.4 Å². The van der Waals surface area contributed by atoms with E-state index in [0.717, 1.165) is 24.1 Å². The Hall–Kier alpha value is -3.22. The van der Waals surface area contributed by atoms with Crippen LogP contribution in [0.5, 0.6) is 0 Å². The van der Waals surface area contributed by atoms with Crippen LogP contribution in [0.15, 0.2) is 48.5 Å². The summed E-state index contributed by atoms with van der Waals surface area (Å²) >= 11 is 0. The lowest BCUT2D eigenvalue weighted by Crippen LogP contribution is -2.46. The third-order valence-electron chi connectivity index (χ3n) is 5.15. The van der Waals surface area contributed by atoms with Crippen molar-refractivity contribution in [2.75, 3.05) is 25.0 Å². The smallest absolute Gasteiger partial charge is 0.227 e. The summed E-state index contributed by atoms with van der Waals surface area (Å²) in [4.78, 5) is 43.1. The van der Waals surface area contributed by atoms with Gasteiger partial charge in [0.15, 0.2) is 0 Å². The van der Waals surface area contributed by atoms with E-state index < -0.39 is 0 Å². The van der Waals surface area contributed by atoms with E-state index in [1.165, 1.54) is 0 Å². The molecule has 3 rings (SSSR count). The molecule has 1 fully saturated rings. The molecule has 2 N–H and O–H groups in total. The number of carbonyl (C=O) groups is 3. The highest BCUT2D eigenvalue weighted by molar-refractivity contribution is 5.90. The van der Waals surface area contributed by atoms with Crippen LogP contribution in [-0.2, 0) is 20.8 Å². The summed E-state index contributed by atoms with van der Waals surface area (Å²) in [6, 6.07) is 15.0. The molecular formula is C23H28N4O3. The number of carbonyl (C=O) groups excluding carboxylic acids is 3. The van der Waals surface area contributed by atoms with Gasteiger partial charge in [0, 0.05) is 31.7 Å². The van der Waals surface area contributed by atoms with E-state index in [4.69, 9.17) is 0 Å². The Morgan fingerprint density at radius 3 is 2.67 bits per heavy atom. The number of anilines is 1. The van der Waals surface area contributed by atoms with E-state index >= 15 is 0 Å². The maximum absolute atomic E-state index is 12.6. The second-order valence-corrected chi connectivity index (χ2v) is 7.59. The molecule has 158 valence electrons. The molecule has 2 aromatic rings. The minimum Gasteiger partial charge on any atom is -0.355 e. The maximum atomic E-state index is 12.6. The first kappa shape index (κ1) is 21.5. The van der Waals surface area contributed by atoms with Crippen molar-refractivity contribution in [2.45, 2.75) is 32.6 Å². The molecule has 1 aromatic heterocycles. The van der Waals surface area contributed by atoms with Gasteiger partial charge in [0.1, 0.15) is 5.82 Å². The minimum absolute atomic E-state index is 0.0451. The van der Waals surface area contributed by atoms with Crippen molar-refractivity contribution in [3.63, 3.8) is 0 Å². The normalized spacial score (nSPS) is 16.0. The average molecular weight is 409 g/mol. The van der Waals surface area contributed by atoms with Gasteiger partial charge in [-0.15, -0.1) is 0 Å². The molecule has 30 heavy (non-hydrogen) atoms. The van der Waals surface area contributed by atoms with Crippen molar-refractivity contribution in [2.24, 2.45) is 5.92 Å². The second kappa shape index (κ2) is 10.5. The Morgan fingerprint density at radius 2 is 1.90 bits per heavy atom. The molecule has 7 heteroatoms. The molecule has 0 bridgehead atoms. The zero-order chi connectivity index (χ0) is 21.3. The predicted molar refractivity (Wildman–Crippen MR) is 115 cm³/mol. The highest BCUT2D eigenvalue weighted by Gasteiger charge is 2.28. The van der Waals surface area contributed by atoms with Gasteiger partial charge in [-0.05, 0) is 37.5 Å². The topological polar surface area (TPSA) is 91.4 Å². The minimum atomic E-state index is -0.236. The largest absolute Gasteiger partial charge is 0.355 e. The van der Waals surface area contributed by atoms with Crippen LogP contribution in [0, 0.1) is 12.8 Å². The van der Waals surface area contributed by atoms with Gasteiger partial charge in [0.25, 0.3) is 0 Å². The fraction of sp³-hybridized carbons (Fsp3) is 0.391. The summed E-state index contributed by atoms with van der Waals surface area (Å²) in [7, 11) is 0. The summed E-state index contributed by atoms with van der Waals surface area (Å²) in [5.41, 5.74) is 1.80. The lowest BCUT2D eigenvalue weighted by atomic mass is 9.96. The number of piperidine rings is 1. The van der Waals surface area contributed by atoms with Crippen LogP contribution in [0.25, 0.3) is 0 Å². The molecule has 3 amide bonds. The van der Waals surface area contributed by atoms with Crippen molar-refractivity contribution >= 4 is 23.5 Å². The van der Waals surface area contributed by atoms with Crippen LogP contribution in [0.2, 0.25) is 0 Å². The van der Waals surface area contributed by atoms with E-state index in [2.05, 4.69) is 15.6 Å². The van der Waals surface area contributed by atoms with Gasteiger partial charge >= 0.3 is 0 Å². The molecule has 0 aliphatic carbocycles.